The molecule has 1 aliphatic rings. The Labute approximate surface area is 125 Å². The molecule has 0 radical (unpaired) electrons. The summed E-state index contributed by atoms with van der Waals surface area (Å²) >= 11 is 0. The average Bonchev–Trinajstić information content (AvgIpc) is 2.48. The zero-order valence-electron chi connectivity index (χ0n) is 12.8. The van der Waals surface area contributed by atoms with Crippen molar-refractivity contribution < 1.29 is 4.79 Å². The third-order valence-electron chi connectivity index (χ3n) is 4.35. The minimum atomic E-state index is 0.0444. The average molecular weight is 282 g/mol. The minimum absolute atomic E-state index is 0.0444. The van der Waals surface area contributed by atoms with Gasteiger partial charge in [0.1, 0.15) is 0 Å². The van der Waals surface area contributed by atoms with E-state index >= 15 is 0 Å². The molecule has 3 nitrogen and oxygen atoms in total. The van der Waals surface area contributed by atoms with E-state index in [9.17, 15) is 4.79 Å². The predicted molar refractivity (Wildman–Crippen MR) is 85.6 cm³/mol. The lowest BCUT2D eigenvalue weighted by Crippen LogP contribution is -2.36. The molecule has 0 saturated heterocycles. The topological polar surface area (TPSA) is 42.0 Å². The highest BCUT2D eigenvalue weighted by Gasteiger charge is 2.19. The molecule has 0 aliphatic heterocycles. The zero-order chi connectivity index (χ0) is 14.8. The highest BCUT2D eigenvalue weighted by molar-refractivity contribution is 6.06. The summed E-state index contributed by atoms with van der Waals surface area (Å²) < 4.78 is 0. The number of hydrogen-bond acceptors (Lipinski definition) is 2. The molecule has 0 spiro atoms. The van der Waals surface area contributed by atoms with Crippen LogP contribution in [0.4, 0.5) is 0 Å². The van der Waals surface area contributed by atoms with E-state index in [4.69, 9.17) is 0 Å². The number of carbonyl (C=O) groups is 1. The Hall–Kier alpha value is -1.90. The number of nitrogens with zero attached hydrogens (tertiary/aromatic N) is 1. The van der Waals surface area contributed by atoms with Crippen molar-refractivity contribution in [1.82, 2.24) is 10.3 Å². The Morgan fingerprint density at radius 3 is 2.71 bits per heavy atom. The Bertz CT molecular complexity index is 672. The van der Waals surface area contributed by atoms with Crippen molar-refractivity contribution in [3.05, 3.63) is 41.1 Å². The summed E-state index contributed by atoms with van der Waals surface area (Å²) in [5, 5.41) is 4.16. The van der Waals surface area contributed by atoms with Gasteiger partial charge in [-0.1, -0.05) is 37.5 Å². The monoisotopic (exact) mass is 282 g/mol. The summed E-state index contributed by atoms with van der Waals surface area (Å²) in [6.45, 7) is 3.99. The van der Waals surface area contributed by atoms with Crippen LogP contribution in [0, 0.1) is 13.8 Å². The van der Waals surface area contributed by atoms with E-state index in [1.807, 2.05) is 38.1 Å². The summed E-state index contributed by atoms with van der Waals surface area (Å²) in [6.07, 6.45) is 5.95. The van der Waals surface area contributed by atoms with Gasteiger partial charge in [-0.15, -0.1) is 0 Å². The molecular weight excluding hydrogens is 260 g/mol. The summed E-state index contributed by atoms with van der Waals surface area (Å²) in [6, 6.07) is 8.26. The first kappa shape index (κ1) is 14.1. The van der Waals surface area contributed by atoms with Crippen molar-refractivity contribution in [3.8, 4) is 0 Å². The summed E-state index contributed by atoms with van der Waals surface area (Å²) in [7, 11) is 0. The van der Waals surface area contributed by atoms with Gasteiger partial charge in [-0.3, -0.25) is 9.78 Å². The molecule has 1 amide bonds. The molecule has 0 bridgehead atoms. The Balaban J connectivity index is 1.95. The first-order valence-corrected chi connectivity index (χ1v) is 7.83. The second kappa shape index (κ2) is 5.84. The highest BCUT2D eigenvalue weighted by Crippen LogP contribution is 2.23. The second-order valence-corrected chi connectivity index (χ2v) is 6.09. The smallest absolute Gasteiger partial charge is 0.252 e. The summed E-state index contributed by atoms with van der Waals surface area (Å²) in [4.78, 5) is 17.2. The van der Waals surface area contributed by atoms with Crippen molar-refractivity contribution in [2.45, 2.75) is 52.0 Å². The van der Waals surface area contributed by atoms with Crippen LogP contribution in [0.1, 0.15) is 53.7 Å². The SMILES string of the molecule is Cc1cc(C(=O)NC2CCCCC2)c2cccc(C)c2n1. The van der Waals surface area contributed by atoms with E-state index in [0.717, 1.165) is 40.6 Å². The van der Waals surface area contributed by atoms with E-state index in [-0.39, 0.29) is 5.91 Å². The fourth-order valence-corrected chi connectivity index (χ4v) is 3.22. The molecule has 1 fully saturated rings. The minimum Gasteiger partial charge on any atom is -0.349 e. The van der Waals surface area contributed by atoms with E-state index in [2.05, 4.69) is 10.3 Å². The number of para-hydroxylation sites is 1. The molecule has 3 rings (SSSR count). The molecule has 1 aliphatic carbocycles. The highest BCUT2D eigenvalue weighted by atomic mass is 16.1. The van der Waals surface area contributed by atoms with Gasteiger partial charge in [-0.25, -0.2) is 0 Å². The maximum absolute atomic E-state index is 12.7. The second-order valence-electron chi connectivity index (χ2n) is 6.09. The molecule has 1 heterocycles. The van der Waals surface area contributed by atoms with Crippen molar-refractivity contribution in [2.24, 2.45) is 0 Å². The van der Waals surface area contributed by atoms with Gasteiger partial charge >= 0.3 is 0 Å². The van der Waals surface area contributed by atoms with Crippen LogP contribution in [0.25, 0.3) is 10.9 Å². The molecule has 1 N–H and O–H groups in total. The van der Waals surface area contributed by atoms with Gasteiger partial charge in [0.15, 0.2) is 0 Å². The van der Waals surface area contributed by atoms with E-state index in [1.165, 1.54) is 19.3 Å². The largest absolute Gasteiger partial charge is 0.349 e. The number of benzene rings is 1. The van der Waals surface area contributed by atoms with E-state index in [0.29, 0.717) is 6.04 Å². The number of fused-ring (bicyclic) bond motifs is 1. The number of aromatic nitrogens is 1. The molecule has 1 aromatic heterocycles. The van der Waals surface area contributed by atoms with Gasteiger partial charge in [-0.2, -0.15) is 0 Å². The fraction of sp³-hybridized carbons (Fsp3) is 0.444. The van der Waals surface area contributed by atoms with Crippen LogP contribution in [0.2, 0.25) is 0 Å². The van der Waals surface area contributed by atoms with Crippen molar-refractivity contribution in [1.29, 1.82) is 0 Å². The van der Waals surface area contributed by atoms with Crippen LogP contribution in [0.5, 0.6) is 0 Å². The Morgan fingerprint density at radius 1 is 1.19 bits per heavy atom. The number of nitrogens with one attached hydrogen (secondary N) is 1. The number of aryl methyl sites for hydroxylation is 2. The summed E-state index contributed by atoms with van der Waals surface area (Å²) in [5.41, 5.74) is 3.70. The fourth-order valence-electron chi connectivity index (χ4n) is 3.22. The number of amides is 1. The molecule has 3 heteroatoms. The maximum Gasteiger partial charge on any atom is 0.252 e. The van der Waals surface area contributed by atoms with Gasteiger partial charge in [-0.05, 0) is 38.3 Å². The maximum atomic E-state index is 12.7. The lowest BCUT2D eigenvalue weighted by atomic mass is 9.95. The van der Waals surface area contributed by atoms with Crippen LogP contribution in [-0.2, 0) is 0 Å². The van der Waals surface area contributed by atoms with Gasteiger partial charge < -0.3 is 5.32 Å². The molecule has 0 unspecified atom stereocenters. The predicted octanol–water partition coefficient (Wildman–Crippen LogP) is 3.91. The van der Waals surface area contributed by atoms with Gasteiger partial charge in [0.05, 0.1) is 11.1 Å². The first-order chi connectivity index (χ1) is 10.1. The van der Waals surface area contributed by atoms with Gasteiger partial charge in [0.2, 0.25) is 0 Å². The summed E-state index contributed by atoms with van der Waals surface area (Å²) in [5.74, 6) is 0.0444. The lowest BCUT2D eigenvalue weighted by Gasteiger charge is -2.23. The Morgan fingerprint density at radius 2 is 1.95 bits per heavy atom. The van der Waals surface area contributed by atoms with Crippen molar-refractivity contribution >= 4 is 16.8 Å². The van der Waals surface area contributed by atoms with Gasteiger partial charge in [0.25, 0.3) is 5.91 Å². The molecule has 0 atom stereocenters. The quantitative estimate of drug-likeness (QED) is 0.907. The first-order valence-electron chi connectivity index (χ1n) is 7.83. The standard InChI is InChI=1S/C18H22N2O/c1-12-7-6-10-15-16(11-13(2)19-17(12)15)18(21)20-14-8-4-3-5-9-14/h6-7,10-11,14H,3-5,8-9H2,1-2H3,(H,20,21). The van der Waals surface area contributed by atoms with E-state index in [1.54, 1.807) is 0 Å². The molecule has 2 aromatic rings. The van der Waals surface area contributed by atoms with Crippen LogP contribution in [0.3, 0.4) is 0 Å². The number of hydrogen-bond donors (Lipinski definition) is 1. The number of pyridine rings is 1. The molecule has 110 valence electrons. The Kier molecular flexibility index (Phi) is 3.91. The third kappa shape index (κ3) is 2.92. The van der Waals surface area contributed by atoms with Crippen LogP contribution >= 0.6 is 0 Å². The molecule has 1 aromatic carbocycles. The van der Waals surface area contributed by atoms with Crippen molar-refractivity contribution in [2.75, 3.05) is 0 Å². The zero-order valence-corrected chi connectivity index (χ0v) is 12.8. The van der Waals surface area contributed by atoms with Gasteiger partial charge in [0, 0.05) is 17.1 Å². The van der Waals surface area contributed by atoms with Crippen LogP contribution < -0.4 is 5.32 Å². The van der Waals surface area contributed by atoms with Crippen LogP contribution in [-0.4, -0.2) is 16.9 Å². The van der Waals surface area contributed by atoms with Crippen LogP contribution in [0.15, 0.2) is 24.3 Å². The number of carbonyl (C=O) groups excluding carboxylic acids is 1. The molecule has 1 saturated carbocycles. The number of rotatable bonds is 2. The van der Waals surface area contributed by atoms with E-state index < -0.39 is 0 Å². The lowest BCUT2D eigenvalue weighted by molar-refractivity contribution is 0.0929. The normalized spacial score (nSPS) is 16.1. The molecule has 21 heavy (non-hydrogen) atoms. The third-order valence-corrected chi connectivity index (χ3v) is 4.35. The molecular formula is C18H22N2O. The van der Waals surface area contributed by atoms with Crippen molar-refractivity contribution in [3.63, 3.8) is 0 Å².